The highest BCUT2D eigenvalue weighted by Crippen LogP contribution is 2.21. The first-order valence-corrected chi connectivity index (χ1v) is 7.23. The maximum atomic E-state index is 12.2. The highest BCUT2D eigenvalue weighted by Gasteiger charge is 2.20. The Morgan fingerprint density at radius 1 is 1.50 bits per heavy atom. The number of hydrogen-bond acceptors (Lipinski definition) is 5. The summed E-state index contributed by atoms with van der Waals surface area (Å²) in [6.07, 6.45) is 1.67. The second kappa shape index (κ2) is 7.19. The van der Waals surface area contributed by atoms with Crippen LogP contribution in [-0.4, -0.2) is 54.6 Å². The van der Waals surface area contributed by atoms with Crippen LogP contribution in [0, 0.1) is 0 Å². The molecule has 0 saturated heterocycles. The number of aromatic nitrogens is 2. The van der Waals surface area contributed by atoms with Gasteiger partial charge in [-0.2, -0.15) is 5.10 Å². The van der Waals surface area contributed by atoms with Gasteiger partial charge in [-0.15, -0.1) is 0 Å². The van der Waals surface area contributed by atoms with Crippen LogP contribution in [0.4, 0.5) is 5.69 Å². The Labute approximate surface area is 128 Å². The summed E-state index contributed by atoms with van der Waals surface area (Å²) in [5.74, 6) is 0. The zero-order valence-electron chi connectivity index (χ0n) is 12.7. The Hall–Kier alpha value is -0.920. The van der Waals surface area contributed by atoms with E-state index in [1.807, 2.05) is 32.8 Å². The normalized spacial score (nSPS) is 11.9. The van der Waals surface area contributed by atoms with E-state index in [1.165, 1.54) is 4.68 Å². The highest BCUT2D eigenvalue weighted by molar-refractivity contribution is 9.10. The van der Waals surface area contributed by atoms with Gasteiger partial charge in [-0.25, -0.2) is 4.68 Å². The molecule has 0 aliphatic carbocycles. The summed E-state index contributed by atoms with van der Waals surface area (Å²) < 4.78 is 7.10. The topological polar surface area (TPSA) is 59.4 Å². The molecule has 0 aliphatic heterocycles. The van der Waals surface area contributed by atoms with Crippen molar-refractivity contribution in [3.8, 4) is 0 Å². The molecular weight excluding hydrogens is 324 g/mol. The predicted octanol–water partition coefficient (Wildman–Crippen LogP) is 1.40. The number of anilines is 1. The average molecular weight is 347 g/mol. The molecule has 20 heavy (non-hydrogen) atoms. The fraction of sp³-hybridized carbons (Fsp3) is 0.692. The van der Waals surface area contributed by atoms with E-state index < -0.39 is 0 Å². The lowest BCUT2D eigenvalue weighted by Crippen LogP contribution is -2.37. The van der Waals surface area contributed by atoms with E-state index in [1.54, 1.807) is 13.3 Å². The van der Waals surface area contributed by atoms with Crippen LogP contribution in [0.2, 0.25) is 0 Å². The summed E-state index contributed by atoms with van der Waals surface area (Å²) in [5.41, 5.74) is 0.268. The molecule has 0 amide bonds. The summed E-state index contributed by atoms with van der Waals surface area (Å²) in [6, 6.07) is 0. The van der Waals surface area contributed by atoms with Crippen molar-refractivity contribution in [1.82, 2.24) is 14.7 Å². The number of methoxy groups -OCH3 is 1. The average Bonchev–Trinajstić information content (AvgIpc) is 2.33. The van der Waals surface area contributed by atoms with E-state index in [0.717, 1.165) is 6.54 Å². The third kappa shape index (κ3) is 4.88. The zero-order chi connectivity index (χ0) is 15.3. The quantitative estimate of drug-likeness (QED) is 0.808. The van der Waals surface area contributed by atoms with Gasteiger partial charge in [0, 0.05) is 13.7 Å². The number of halogens is 1. The minimum Gasteiger partial charge on any atom is -0.382 e. The SMILES string of the molecule is COCC(C)(C)Nc1cnn(CCN(C)C)c(=O)c1Br. The maximum absolute atomic E-state index is 12.2. The van der Waals surface area contributed by atoms with Gasteiger partial charge >= 0.3 is 0 Å². The molecule has 0 aromatic carbocycles. The Morgan fingerprint density at radius 2 is 2.15 bits per heavy atom. The number of ether oxygens (including phenoxy) is 1. The van der Waals surface area contributed by atoms with Crippen LogP contribution in [0.5, 0.6) is 0 Å². The van der Waals surface area contributed by atoms with Crippen molar-refractivity contribution in [1.29, 1.82) is 0 Å². The fourth-order valence-corrected chi connectivity index (χ4v) is 2.17. The second-order valence-corrected chi connectivity index (χ2v) is 6.44. The minimum absolute atomic E-state index is 0.134. The van der Waals surface area contributed by atoms with Gasteiger partial charge in [0.15, 0.2) is 0 Å². The number of rotatable bonds is 7. The van der Waals surface area contributed by atoms with Crippen LogP contribution >= 0.6 is 15.9 Å². The molecule has 1 rings (SSSR count). The molecule has 1 aromatic heterocycles. The molecule has 6 nitrogen and oxygen atoms in total. The molecule has 0 radical (unpaired) electrons. The molecule has 0 unspecified atom stereocenters. The molecule has 1 heterocycles. The van der Waals surface area contributed by atoms with Crippen molar-refractivity contribution < 1.29 is 4.74 Å². The first-order valence-electron chi connectivity index (χ1n) is 6.44. The third-order valence-electron chi connectivity index (χ3n) is 2.72. The standard InChI is InChI=1S/C13H23BrN4O2/c1-13(2,9-20-5)16-10-8-15-18(7-6-17(3)4)12(19)11(10)14/h8,16H,6-7,9H2,1-5H3. The number of hydrogen-bond donors (Lipinski definition) is 1. The Morgan fingerprint density at radius 3 is 2.70 bits per heavy atom. The fourth-order valence-electron chi connectivity index (χ4n) is 1.77. The highest BCUT2D eigenvalue weighted by atomic mass is 79.9. The van der Waals surface area contributed by atoms with Crippen LogP contribution in [-0.2, 0) is 11.3 Å². The third-order valence-corrected chi connectivity index (χ3v) is 3.49. The second-order valence-electron chi connectivity index (χ2n) is 5.65. The molecule has 7 heteroatoms. The number of likely N-dealkylation sites (N-methyl/N-ethyl adjacent to an activating group) is 1. The summed E-state index contributed by atoms with van der Waals surface area (Å²) >= 11 is 3.35. The van der Waals surface area contributed by atoms with Crippen LogP contribution in [0.1, 0.15) is 13.8 Å². The molecule has 114 valence electrons. The Balaban J connectivity index is 2.92. The van der Waals surface area contributed by atoms with Gasteiger partial charge in [-0.1, -0.05) is 0 Å². The van der Waals surface area contributed by atoms with Gasteiger partial charge in [0.05, 0.1) is 30.6 Å². The Bertz CT molecular complexity index is 500. The van der Waals surface area contributed by atoms with E-state index in [-0.39, 0.29) is 11.1 Å². The lowest BCUT2D eigenvalue weighted by molar-refractivity contribution is 0.158. The Kier molecular flexibility index (Phi) is 6.16. The molecule has 1 N–H and O–H groups in total. The van der Waals surface area contributed by atoms with E-state index in [4.69, 9.17) is 4.74 Å². The molecule has 0 fully saturated rings. The van der Waals surface area contributed by atoms with Crippen molar-refractivity contribution in [2.24, 2.45) is 0 Å². The van der Waals surface area contributed by atoms with Crippen molar-refractivity contribution in [3.05, 3.63) is 21.0 Å². The van der Waals surface area contributed by atoms with Gasteiger partial charge in [-0.3, -0.25) is 4.79 Å². The van der Waals surface area contributed by atoms with Crippen LogP contribution < -0.4 is 10.9 Å². The monoisotopic (exact) mass is 346 g/mol. The summed E-state index contributed by atoms with van der Waals surface area (Å²) in [7, 11) is 5.57. The van der Waals surface area contributed by atoms with E-state index >= 15 is 0 Å². The minimum atomic E-state index is -0.277. The summed E-state index contributed by atoms with van der Waals surface area (Å²) in [4.78, 5) is 14.2. The predicted molar refractivity (Wildman–Crippen MR) is 84.3 cm³/mol. The van der Waals surface area contributed by atoms with Crippen LogP contribution in [0.15, 0.2) is 15.5 Å². The van der Waals surface area contributed by atoms with Gasteiger partial charge in [0.25, 0.3) is 5.56 Å². The van der Waals surface area contributed by atoms with Crippen molar-refractivity contribution in [2.45, 2.75) is 25.9 Å². The van der Waals surface area contributed by atoms with Gasteiger partial charge < -0.3 is 15.0 Å². The van der Waals surface area contributed by atoms with E-state index in [9.17, 15) is 4.79 Å². The molecule has 0 spiro atoms. The molecule has 0 saturated carbocycles. The van der Waals surface area contributed by atoms with Gasteiger partial charge in [-0.05, 0) is 43.9 Å². The molecule has 0 atom stereocenters. The smallest absolute Gasteiger partial charge is 0.283 e. The lowest BCUT2D eigenvalue weighted by atomic mass is 10.1. The number of nitrogens with one attached hydrogen (secondary N) is 1. The first-order chi connectivity index (χ1) is 9.26. The molecule has 0 aliphatic rings. The van der Waals surface area contributed by atoms with Crippen LogP contribution in [0.25, 0.3) is 0 Å². The molecular formula is C13H23BrN4O2. The summed E-state index contributed by atoms with van der Waals surface area (Å²) in [6.45, 7) is 5.86. The molecule has 0 bridgehead atoms. The van der Waals surface area contributed by atoms with E-state index in [0.29, 0.717) is 23.3 Å². The summed E-state index contributed by atoms with van der Waals surface area (Å²) in [5, 5.41) is 7.46. The lowest BCUT2D eigenvalue weighted by Gasteiger charge is -2.27. The zero-order valence-corrected chi connectivity index (χ0v) is 14.3. The largest absolute Gasteiger partial charge is 0.382 e. The van der Waals surface area contributed by atoms with E-state index in [2.05, 4.69) is 26.3 Å². The first kappa shape index (κ1) is 17.1. The van der Waals surface area contributed by atoms with Crippen molar-refractivity contribution >= 4 is 21.6 Å². The van der Waals surface area contributed by atoms with Gasteiger partial charge in [0.1, 0.15) is 4.47 Å². The van der Waals surface area contributed by atoms with Crippen molar-refractivity contribution in [3.63, 3.8) is 0 Å². The maximum Gasteiger partial charge on any atom is 0.283 e. The number of nitrogens with zero attached hydrogens (tertiary/aromatic N) is 3. The van der Waals surface area contributed by atoms with Crippen LogP contribution in [0.3, 0.4) is 0 Å². The van der Waals surface area contributed by atoms with Crippen molar-refractivity contribution in [2.75, 3.05) is 39.7 Å². The van der Waals surface area contributed by atoms with Gasteiger partial charge in [0.2, 0.25) is 0 Å². The molecule has 1 aromatic rings.